The first kappa shape index (κ1) is 23.4. The SMILES string of the molecule is O=C(CCCN1CCC(O)(C(=O)c2ccc(Cl)cc2)CC1)c1cccc(C(F)(F)F)c1. The van der Waals surface area contributed by atoms with Gasteiger partial charge in [-0.3, -0.25) is 9.59 Å². The second-order valence-electron chi connectivity index (χ2n) is 7.81. The van der Waals surface area contributed by atoms with Gasteiger partial charge in [0.1, 0.15) is 5.60 Å². The van der Waals surface area contributed by atoms with Crippen molar-refractivity contribution in [2.24, 2.45) is 0 Å². The van der Waals surface area contributed by atoms with Crippen LogP contribution in [-0.4, -0.2) is 46.8 Å². The summed E-state index contributed by atoms with van der Waals surface area (Å²) in [6, 6.07) is 10.8. The van der Waals surface area contributed by atoms with Gasteiger partial charge in [0, 0.05) is 35.7 Å². The maximum atomic E-state index is 12.8. The molecular formula is C23H23ClF3NO3. The molecule has 0 aromatic heterocycles. The lowest BCUT2D eigenvalue weighted by Gasteiger charge is -2.37. The van der Waals surface area contributed by atoms with E-state index in [9.17, 15) is 27.9 Å². The van der Waals surface area contributed by atoms with Crippen molar-refractivity contribution in [3.63, 3.8) is 0 Å². The summed E-state index contributed by atoms with van der Waals surface area (Å²) >= 11 is 5.84. The monoisotopic (exact) mass is 453 g/mol. The summed E-state index contributed by atoms with van der Waals surface area (Å²) in [7, 11) is 0. The molecule has 0 saturated carbocycles. The van der Waals surface area contributed by atoms with Gasteiger partial charge in [0.25, 0.3) is 0 Å². The molecule has 1 N–H and O–H groups in total. The van der Waals surface area contributed by atoms with E-state index >= 15 is 0 Å². The van der Waals surface area contributed by atoms with Crippen molar-refractivity contribution < 1.29 is 27.9 Å². The number of benzene rings is 2. The minimum absolute atomic E-state index is 0.0522. The summed E-state index contributed by atoms with van der Waals surface area (Å²) in [6.45, 7) is 1.55. The second-order valence-corrected chi connectivity index (χ2v) is 8.25. The van der Waals surface area contributed by atoms with Crippen molar-refractivity contribution in [3.8, 4) is 0 Å². The highest BCUT2D eigenvalue weighted by Gasteiger charge is 2.39. The highest BCUT2D eigenvalue weighted by Crippen LogP contribution is 2.30. The van der Waals surface area contributed by atoms with E-state index in [1.165, 1.54) is 12.1 Å². The van der Waals surface area contributed by atoms with Crippen LogP contribution in [0.15, 0.2) is 48.5 Å². The van der Waals surface area contributed by atoms with Crippen LogP contribution >= 0.6 is 11.6 Å². The van der Waals surface area contributed by atoms with Crippen LogP contribution < -0.4 is 0 Å². The zero-order valence-corrected chi connectivity index (χ0v) is 17.5. The van der Waals surface area contributed by atoms with Crippen molar-refractivity contribution in [1.29, 1.82) is 0 Å². The van der Waals surface area contributed by atoms with Gasteiger partial charge in [-0.2, -0.15) is 13.2 Å². The lowest BCUT2D eigenvalue weighted by atomic mass is 9.84. The van der Waals surface area contributed by atoms with Crippen molar-refractivity contribution >= 4 is 23.2 Å². The number of hydrogen-bond donors (Lipinski definition) is 1. The van der Waals surface area contributed by atoms with Gasteiger partial charge in [0.15, 0.2) is 11.6 Å². The molecule has 1 aliphatic rings. The number of carbonyl (C=O) groups is 2. The topological polar surface area (TPSA) is 57.6 Å². The molecule has 8 heteroatoms. The molecule has 0 atom stereocenters. The van der Waals surface area contributed by atoms with E-state index in [4.69, 9.17) is 11.6 Å². The Labute approximate surface area is 183 Å². The Kier molecular flexibility index (Phi) is 7.19. The van der Waals surface area contributed by atoms with Gasteiger partial charge in [0.05, 0.1) is 5.56 Å². The third-order valence-corrected chi connectivity index (χ3v) is 5.85. The number of carbonyl (C=O) groups excluding carboxylic acids is 2. The van der Waals surface area contributed by atoms with Crippen LogP contribution in [0.1, 0.15) is 52.0 Å². The Hall–Kier alpha value is -2.22. The van der Waals surface area contributed by atoms with Gasteiger partial charge >= 0.3 is 6.18 Å². The average Bonchev–Trinajstić information content (AvgIpc) is 2.74. The van der Waals surface area contributed by atoms with E-state index in [1.54, 1.807) is 24.3 Å². The van der Waals surface area contributed by atoms with Crippen molar-refractivity contribution in [2.75, 3.05) is 19.6 Å². The Balaban J connectivity index is 1.48. The minimum Gasteiger partial charge on any atom is -0.382 e. The van der Waals surface area contributed by atoms with Crippen LogP contribution in [0.5, 0.6) is 0 Å². The molecule has 0 amide bonds. The summed E-state index contributed by atoms with van der Waals surface area (Å²) in [6.07, 6.45) is -3.32. The zero-order chi connectivity index (χ0) is 22.6. The molecule has 3 rings (SSSR count). The van der Waals surface area contributed by atoms with Gasteiger partial charge in [-0.15, -0.1) is 0 Å². The Morgan fingerprint density at radius 1 is 1.03 bits per heavy atom. The van der Waals surface area contributed by atoms with Crippen LogP contribution in [0.3, 0.4) is 0 Å². The lowest BCUT2D eigenvalue weighted by molar-refractivity contribution is -0.137. The number of aliphatic hydroxyl groups is 1. The summed E-state index contributed by atoms with van der Waals surface area (Å²) < 4.78 is 38.4. The molecule has 0 bridgehead atoms. The zero-order valence-electron chi connectivity index (χ0n) is 16.8. The summed E-state index contributed by atoms with van der Waals surface area (Å²) in [5.41, 5.74) is -1.81. The molecule has 1 fully saturated rings. The predicted octanol–water partition coefficient (Wildman–Crippen LogP) is 5.03. The molecule has 0 aliphatic carbocycles. The second kappa shape index (κ2) is 9.51. The van der Waals surface area contributed by atoms with Crippen LogP contribution in [0.4, 0.5) is 13.2 Å². The first-order valence-corrected chi connectivity index (χ1v) is 10.4. The Morgan fingerprint density at radius 2 is 1.68 bits per heavy atom. The lowest BCUT2D eigenvalue weighted by Crippen LogP contribution is -2.49. The predicted molar refractivity (Wildman–Crippen MR) is 111 cm³/mol. The normalized spacial score (nSPS) is 16.8. The third-order valence-electron chi connectivity index (χ3n) is 5.60. The summed E-state index contributed by atoms with van der Waals surface area (Å²) in [5.74, 6) is -0.666. The maximum Gasteiger partial charge on any atom is 0.416 e. The molecule has 0 unspecified atom stereocenters. The number of alkyl halides is 3. The quantitative estimate of drug-likeness (QED) is 0.597. The molecule has 1 saturated heterocycles. The van der Waals surface area contributed by atoms with Crippen molar-refractivity contribution in [3.05, 3.63) is 70.2 Å². The van der Waals surface area contributed by atoms with E-state index < -0.39 is 17.3 Å². The first-order chi connectivity index (χ1) is 14.6. The van der Waals surface area contributed by atoms with Crippen molar-refractivity contribution in [2.45, 2.75) is 37.5 Å². The first-order valence-electron chi connectivity index (χ1n) is 10.0. The minimum atomic E-state index is -4.48. The summed E-state index contributed by atoms with van der Waals surface area (Å²) in [4.78, 5) is 27.0. The van der Waals surface area contributed by atoms with Crippen molar-refractivity contribution in [1.82, 2.24) is 4.90 Å². The molecule has 2 aromatic carbocycles. The number of ketones is 2. The largest absolute Gasteiger partial charge is 0.416 e. The molecule has 2 aromatic rings. The molecule has 166 valence electrons. The number of hydrogen-bond acceptors (Lipinski definition) is 4. The van der Waals surface area contributed by atoms with Crippen LogP contribution in [0.2, 0.25) is 5.02 Å². The molecule has 1 aliphatic heterocycles. The number of rotatable bonds is 7. The highest BCUT2D eigenvalue weighted by atomic mass is 35.5. The van der Waals surface area contributed by atoms with Gasteiger partial charge in [-0.05, 0) is 62.2 Å². The Bertz CT molecular complexity index is 936. The van der Waals surface area contributed by atoms with Crippen LogP contribution in [0.25, 0.3) is 0 Å². The fourth-order valence-corrected chi connectivity index (χ4v) is 3.85. The smallest absolute Gasteiger partial charge is 0.382 e. The van der Waals surface area contributed by atoms with Gasteiger partial charge in [0.2, 0.25) is 0 Å². The number of piperidine rings is 1. The van der Waals surface area contributed by atoms with E-state index in [-0.39, 0.29) is 36.4 Å². The Morgan fingerprint density at radius 3 is 2.29 bits per heavy atom. The molecule has 0 spiro atoms. The number of Topliss-reactive ketones (excluding diaryl/α,β-unsaturated/α-hetero) is 2. The van der Waals surface area contributed by atoms with E-state index in [1.807, 2.05) is 4.90 Å². The molecular weight excluding hydrogens is 431 g/mol. The van der Waals surface area contributed by atoms with Gasteiger partial charge in [-0.1, -0.05) is 23.7 Å². The number of likely N-dealkylation sites (tertiary alicyclic amines) is 1. The fourth-order valence-electron chi connectivity index (χ4n) is 3.72. The molecule has 31 heavy (non-hydrogen) atoms. The van der Waals surface area contributed by atoms with E-state index in [2.05, 4.69) is 0 Å². The van der Waals surface area contributed by atoms with E-state index in [0.29, 0.717) is 36.6 Å². The third kappa shape index (κ3) is 5.93. The van der Waals surface area contributed by atoms with Gasteiger partial charge < -0.3 is 10.0 Å². The highest BCUT2D eigenvalue weighted by molar-refractivity contribution is 6.30. The summed E-state index contributed by atoms with van der Waals surface area (Å²) in [5, 5.41) is 11.3. The average molecular weight is 454 g/mol. The molecule has 0 radical (unpaired) electrons. The van der Waals surface area contributed by atoms with E-state index in [0.717, 1.165) is 12.1 Å². The van der Waals surface area contributed by atoms with Gasteiger partial charge in [-0.25, -0.2) is 0 Å². The number of nitrogens with zero attached hydrogens (tertiary/aromatic N) is 1. The standard InChI is InChI=1S/C23H23ClF3NO3/c24-19-8-6-16(7-9-19)21(30)22(31)10-13-28(14-11-22)12-2-5-20(29)17-3-1-4-18(15-17)23(25,26)27/h1,3-4,6-9,15,31H,2,5,10-14H2. The molecule has 4 nitrogen and oxygen atoms in total. The molecule has 1 heterocycles. The fraction of sp³-hybridized carbons (Fsp3) is 0.391. The van der Waals surface area contributed by atoms with Crippen LogP contribution in [0, 0.1) is 0 Å². The maximum absolute atomic E-state index is 12.8. The number of halogens is 4. The van der Waals surface area contributed by atoms with Crippen LogP contribution in [-0.2, 0) is 6.18 Å².